The molecule has 21 heavy (non-hydrogen) atoms. The normalized spacial score (nSPS) is 23.3. The molecule has 0 spiro atoms. The van der Waals surface area contributed by atoms with Gasteiger partial charge in [-0.3, -0.25) is 4.79 Å². The third-order valence-electron chi connectivity index (χ3n) is 3.79. The molecule has 0 aromatic rings. The molecule has 122 valence electrons. The summed E-state index contributed by atoms with van der Waals surface area (Å²) in [7, 11) is 3.97. The first-order chi connectivity index (χ1) is 9.77. The molecule has 0 aromatic heterocycles. The molecule has 0 heterocycles. The van der Waals surface area contributed by atoms with Gasteiger partial charge in [0.15, 0.2) is 0 Å². The summed E-state index contributed by atoms with van der Waals surface area (Å²) in [6, 6.07) is -0.0969. The molecule has 0 saturated heterocycles. The van der Waals surface area contributed by atoms with Crippen molar-refractivity contribution in [2.45, 2.75) is 51.6 Å². The minimum Gasteiger partial charge on any atom is -0.481 e. The number of carboxylic acids is 1. The van der Waals surface area contributed by atoms with Crippen LogP contribution in [0.4, 0.5) is 4.79 Å². The molecule has 2 amide bonds. The summed E-state index contributed by atoms with van der Waals surface area (Å²) in [5.41, 5.74) is 0. The summed E-state index contributed by atoms with van der Waals surface area (Å²) in [4.78, 5) is 25.0. The van der Waals surface area contributed by atoms with E-state index in [1.165, 1.54) is 0 Å². The molecule has 1 unspecified atom stereocenters. The van der Waals surface area contributed by atoms with Crippen LogP contribution in [0.15, 0.2) is 0 Å². The third-order valence-corrected chi connectivity index (χ3v) is 3.79. The van der Waals surface area contributed by atoms with Crippen molar-refractivity contribution in [2.75, 3.05) is 20.6 Å². The van der Waals surface area contributed by atoms with Crippen molar-refractivity contribution in [3.05, 3.63) is 0 Å². The minimum atomic E-state index is -0.759. The lowest BCUT2D eigenvalue weighted by Gasteiger charge is -2.25. The fourth-order valence-electron chi connectivity index (χ4n) is 2.94. The van der Waals surface area contributed by atoms with Gasteiger partial charge in [0.25, 0.3) is 0 Å². The van der Waals surface area contributed by atoms with Gasteiger partial charge >= 0.3 is 12.0 Å². The highest BCUT2D eigenvalue weighted by Crippen LogP contribution is 2.25. The van der Waals surface area contributed by atoms with E-state index in [2.05, 4.69) is 29.4 Å². The van der Waals surface area contributed by atoms with E-state index < -0.39 is 5.97 Å². The second-order valence-electron chi connectivity index (χ2n) is 6.75. The Morgan fingerprint density at radius 1 is 1.29 bits per heavy atom. The summed E-state index contributed by atoms with van der Waals surface area (Å²) in [6.45, 7) is 5.07. The van der Waals surface area contributed by atoms with Crippen molar-refractivity contribution < 1.29 is 14.7 Å². The van der Waals surface area contributed by atoms with Gasteiger partial charge < -0.3 is 20.6 Å². The number of urea groups is 1. The minimum absolute atomic E-state index is 0.0230. The molecule has 3 atom stereocenters. The second-order valence-corrected chi connectivity index (χ2v) is 6.75. The Bertz CT molecular complexity index is 348. The van der Waals surface area contributed by atoms with Crippen LogP contribution in [-0.2, 0) is 4.79 Å². The van der Waals surface area contributed by atoms with Crippen LogP contribution < -0.4 is 10.6 Å². The lowest BCUT2D eigenvalue weighted by atomic mass is 10.0. The number of aliphatic carboxylic acids is 1. The summed E-state index contributed by atoms with van der Waals surface area (Å²) in [5, 5.41) is 14.9. The first-order valence-electron chi connectivity index (χ1n) is 7.72. The number of rotatable bonds is 7. The van der Waals surface area contributed by atoms with E-state index in [-0.39, 0.29) is 24.0 Å². The molecule has 0 bridgehead atoms. The van der Waals surface area contributed by atoms with Crippen LogP contribution >= 0.6 is 0 Å². The zero-order valence-electron chi connectivity index (χ0n) is 13.6. The van der Waals surface area contributed by atoms with E-state index in [0.717, 1.165) is 19.4 Å². The van der Waals surface area contributed by atoms with E-state index in [1.54, 1.807) is 0 Å². The Morgan fingerprint density at radius 2 is 1.95 bits per heavy atom. The Morgan fingerprint density at radius 3 is 2.43 bits per heavy atom. The van der Waals surface area contributed by atoms with Gasteiger partial charge in [-0.2, -0.15) is 0 Å². The number of carboxylic acid groups (broad SMARTS) is 1. The van der Waals surface area contributed by atoms with Gasteiger partial charge in [0.05, 0.1) is 5.92 Å². The lowest BCUT2D eigenvalue weighted by Crippen LogP contribution is -2.49. The molecular weight excluding hydrogens is 270 g/mol. The molecule has 1 rings (SSSR count). The van der Waals surface area contributed by atoms with Crippen molar-refractivity contribution in [2.24, 2.45) is 11.8 Å². The number of hydrogen-bond acceptors (Lipinski definition) is 3. The molecule has 6 nitrogen and oxygen atoms in total. The SMILES string of the molecule is CC(C)CC(CN(C)C)NC(=O)N[C@H]1CC[C@@H](C(=O)O)C1. The van der Waals surface area contributed by atoms with Gasteiger partial charge in [-0.05, 0) is 45.7 Å². The van der Waals surface area contributed by atoms with E-state index in [4.69, 9.17) is 5.11 Å². The molecule has 1 fully saturated rings. The molecule has 3 N–H and O–H groups in total. The standard InChI is InChI=1S/C15H29N3O3/c1-10(2)7-13(9-18(3)4)17-15(21)16-12-6-5-11(8-12)14(19)20/h10-13H,5-9H2,1-4H3,(H,19,20)(H2,16,17,21)/t11-,12+,13?/m1/s1. The van der Waals surface area contributed by atoms with Gasteiger partial charge in [0, 0.05) is 18.6 Å². The number of amides is 2. The maximum absolute atomic E-state index is 12.1. The highest BCUT2D eigenvalue weighted by molar-refractivity contribution is 5.75. The van der Waals surface area contributed by atoms with Crippen LogP contribution in [0.3, 0.4) is 0 Å². The van der Waals surface area contributed by atoms with Gasteiger partial charge in [-0.1, -0.05) is 13.8 Å². The second kappa shape index (κ2) is 8.22. The Balaban J connectivity index is 2.41. The lowest BCUT2D eigenvalue weighted by molar-refractivity contribution is -0.141. The maximum atomic E-state index is 12.1. The molecule has 1 saturated carbocycles. The van der Waals surface area contributed by atoms with Crippen LogP contribution in [0.25, 0.3) is 0 Å². The average molecular weight is 299 g/mol. The monoisotopic (exact) mass is 299 g/mol. The average Bonchev–Trinajstić information content (AvgIpc) is 2.75. The highest BCUT2D eigenvalue weighted by Gasteiger charge is 2.30. The Hall–Kier alpha value is -1.30. The largest absolute Gasteiger partial charge is 0.481 e. The molecule has 0 radical (unpaired) electrons. The first-order valence-corrected chi connectivity index (χ1v) is 7.72. The van der Waals surface area contributed by atoms with Crippen LogP contribution in [-0.4, -0.2) is 54.7 Å². The van der Waals surface area contributed by atoms with E-state index in [9.17, 15) is 9.59 Å². The number of likely N-dealkylation sites (N-methyl/N-ethyl adjacent to an activating group) is 1. The fourth-order valence-corrected chi connectivity index (χ4v) is 2.94. The van der Waals surface area contributed by atoms with Crippen LogP contribution in [0, 0.1) is 11.8 Å². The van der Waals surface area contributed by atoms with Crippen molar-refractivity contribution in [1.82, 2.24) is 15.5 Å². The van der Waals surface area contributed by atoms with Crippen LogP contribution in [0.5, 0.6) is 0 Å². The summed E-state index contributed by atoms with van der Waals surface area (Å²) in [5.74, 6) is -0.563. The summed E-state index contributed by atoms with van der Waals surface area (Å²) < 4.78 is 0. The highest BCUT2D eigenvalue weighted by atomic mass is 16.4. The van der Waals surface area contributed by atoms with Crippen molar-refractivity contribution in [1.29, 1.82) is 0 Å². The number of nitrogens with one attached hydrogen (secondary N) is 2. The fraction of sp³-hybridized carbons (Fsp3) is 0.867. The van der Waals surface area contributed by atoms with Gasteiger partial charge in [0.2, 0.25) is 0 Å². The molecule has 1 aliphatic carbocycles. The number of carbonyl (C=O) groups is 2. The van der Waals surface area contributed by atoms with Gasteiger partial charge in [0.1, 0.15) is 0 Å². The Labute approximate surface area is 127 Å². The number of carbonyl (C=O) groups excluding carboxylic acids is 1. The quantitative estimate of drug-likeness (QED) is 0.665. The number of nitrogens with zero attached hydrogens (tertiary/aromatic N) is 1. The van der Waals surface area contributed by atoms with E-state index in [0.29, 0.717) is 18.8 Å². The smallest absolute Gasteiger partial charge is 0.315 e. The molecule has 1 aliphatic rings. The molecule has 6 heteroatoms. The van der Waals surface area contributed by atoms with Crippen LogP contribution in [0.2, 0.25) is 0 Å². The molecular formula is C15H29N3O3. The van der Waals surface area contributed by atoms with Crippen LogP contribution in [0.1, 0.15) is 39.5 Å². The topological polar surface area (TPSA) is 81.7 Å². The molecule has 0 aliphatic heterocycles. The predicted octanol–water partition coefficient (Wildman–Crippen LogP) is 1.52. The zero-order chi connectivity index (χ0) is 16.0. The number of hydrogen-bond donors (Lipinski definition) is 3. The van der Waals surface area contributed by atoms with Gasteiger partial charge in [-0.15, -0.1) is 0 Å². The Kier molecular flexibility index (Phi) is 6.95. The first kappa shape index (κ1) is 17.8. The molecule has 0 aromatic carbocycles. The van der Waals surface area contributed by atoms with Gasteiger partial charge in [-0.25, -0.2) is 4.79 Å². The van der Waals surface area contributed by atoms with E-state index >= 15 is 0 Å². The maximum Gasteiger partial charge on any atom is 0.315 e. The summed E-state index contributed by atoms with van der Waals surface area (Å²) in [6.07, 6.45) is 2.85. The summed E-state index contributed by atoms with van der Waals surface area (Å²) >= 11 is 0. The van der Waals surface area contributed by atoms with Crippen molar-refractivity contribution in [3.8, 4) is 0 Å². The third kappa shape index (κ3) is 6.80. The predicted molar refractivity (Wildman–Crippen MR) is 82.2 cm³/mol. The van der Waals surface area contributed by atoms with Crippen molar-refractivity contribution in [3.63, 3.8) is 0 Å². The zero-order valence-corrected chi connectivity index (χ0v) is 13.6. The van der Waals surface area contributed by atoms with Crippen molar-refractivity contribution >= 4 is 12.0 Å². The van der Waals surface area contributed by atoms with E-state index in [1.807, 2.05) is 14.1 Å².